The third-order valence-corrected chi connectivity index (χ3v) is 4.33. The van der Waals surface area contributed by atoms with Crippen molar-refractivity contribution in [3.63, 3.8) is 0 Å². The molecule has 0 saturated carbocycles. The smallest absolute Gasteiger partial charge is 0.209 e. The van der Waals surface area contributed by atoms with Gasteiger partial charge < -0.3 is 5.32 Å². The fourth-order valence-corrected chi connectivity index (χ4v) is 3.01. The van der Waals surface area contributed by atoms with E-state index < -0.39 is 10.0 Å². The zero-order valence-corrected chi connectivity index (χ0v) is 13.4. The highest BCUT2D eigenvalue weighted by molar-refractivity contribution is 7.89. The third kappa shape index (κ3) is 6.50. The van der Waals surface area contributed by atoms with Gasteiger partial charge in [-0.1, -0.05) is 44.2 Å². The molecule has 4 nitrogen and oxygen atoms in total. The van der Waals surface area contributed by atoms with E-state index in [2.05, 4.69) is 50.4 Å². The minimum Gasteiger partial charge on any atom is -0.314 e. The van der Waals surface area contributed by atoms with Gasteiger partial charge in [-0.3, -0.25) is 0 Å². The van der Waals surface area contributed by atoms with Crippen LogP contribution in [0.3, 0.4) is 0 Å². The highest BCUT2D eigenvalue weighted by Gasteiger charge is 2.22. The number of benzene rings is 1. The highest BCUT2D eigenvalue weighted by atomic mass is 32.2. The molecule has 1 atom stereocenters. The van der Waals surface area contributed by atoms with Gasteiger partial charge in [0.25, 0.3) is 0 Å². The van der Waals surface area contributed by atoms with E-state index in [0.29, 0.717) is 19.0 Å². The standard InChI is InChI=1S/C15H26N2O2S/c1-13(17-10-7-11-20(16,18)19)12-15(2,3)14-8-5-4-6-9-14/h4-6,8-9,13,17H,7,10-12H2,1-3H3,(H2,16,18,19). The predicted molar refractivity (Wildman–Crippen MR) is 84.1 cm³/mol. The molecule has 1 aromatic carbocycles. The van der Waals surface area contributed by atoms with Crippen molar-refractivity contribution in [3.05, 3.63) is 35.9 Å². The molecule has 1 unspecified atom stereocenters. The van der Waals surface area contributed by atoms with E-state index in [-0.39, 0.29) is 11.2 Å². The number of sulfonamides is 1. The van der Waals surface area contributed by atoms with E-state index in [9.17, 15) is 8.42 Å². The Morgan fingerprint density at radius 3 is 2.40 bits per heavy atom. The summed E-state index contributed by atoms with van der Waals surface area (Å²) in [6.07, 6.45) is 1.54. The first-order chi connectivity index (χ1) is 9.21. The Balaban J connectivity index is 2.40. The van der Waals surface area contributed by atoms with Crippen LogP contribution in [-0.2, 0) is 15.4 Å². The van der Waals surface area contributed by atoms with E-state index in [1.807, 2.05) is 6.07 Å². The van der Waals surface area contributed by atoms with E-state index in [1.54, 1.807) is 0 Å². The Bertz CT molecular complexity index is 498. The lowest BCUT2D eigenvalue weighted by molar-refractivity contribution is 0.389. The van der Waals surface area contributed by atoms with Crippen molar-refractivity contribution in [2.45, 2.75) is 45.1 Å². The Morgan fingerprint density at radius 2 is 1.85 bits per heavy atom. The van der Waals surface area contributed by atoms with E-state index in [0.717, 1.165) is 6.42 Å². The fraction of sp³-hybridized carbons (Fsp3) is 0.600. The number of hydrogen-bond acceptors (Lipinski definition) is 3. The Hall–Kier alpha value is -0.910. The maximum Gasteiger partial charge on any atom is 0.209 e. The molecule has 114 valence electrons. The molecule has 1 aromatic rings. The van der Waals surface area contributed by atoms with Gasteiger partial charge in [0.05, 0.1) is 5.75 Å². The first-order valence-electron chi connectivity index (χ1n) is 7.00. The molecule has 5 heteroatoms. The summed E-state index contributed by atoms with van der Waals surface area (Å²) in [6.45, 7) is 7.25. The van der Waals surface area contributed by atoms with Crippen LogP contribution >= 0.6 is 0 Å². The second kappa shape index (κ2) is 7.20. The molecule has 0 radical (unpaired) electrons. The van der Waals surface area contributed by atoms with Gasteiger partial charge in [0, 0.05) is 6.04 Å². The van der Waals surface area contributed by atoms with Crippen LogP contribution in [0.1, 0.15) is 39.2 Å². The molecule has 1 rings (SSSR count). The Labute approximate surface area is 122 Å². The van der Waals surface area contributed by atoms with Crippen LogP contribution in [0.5, 0.6) is 0 Å². The number of nitrogens with two attached hydrogens (primary N) is 1. The maximum atomic E-state index is 10.8. The summed E-state index contributed by atoms with van der Waals surface area (Å²) < 4.78 is 21.7. The molecule has 0 amide bonds. The predicted octanol–water partition coefficient (Wildman–Crippen LogP) is 2.01. The van der Waals surface area contributed by atoms with Gasteiger partial charge in [-0.25, -0.2) is 13.6 Å². The van der Waals surface area contributed by atoms with Gasteiger partial charge in [-0.2, -0.15) is 0 Å². The first kappa shape index (κ1) is 17.1. The normalized spacial score (nSPS) is 14.2. The molecule has 0 bridgehead atoms. The zero-order chi connectivity index (χ0) is 15.2. The maximum absolute atomic E-state index is 10.8. The van der Waals surface area contributed by atoms with Gasteiger partial charge in [0.15, 0.2) is 0 Å². The minimum atomic E-state index is -3.34. The minimum absolute atomic E-state index is 0.0365. The van der Waals surface area contributed by atoms with Crippen LogP contribution in [-0.4, -0.2) is 26.8 Å². The van der Waals surface area contributed by atoms with Crippen molar-refractivity contribution in [3.8, 4) is 0 Å². The number of hydrogen-bond donors (Lipinski definition) is 2. The second-order valence-corrected chi connectivity index (χ2v) is 7.76. The SMILES string of the molecule is CC(CC(C)(C)c1ccccc1)NCCCS(N)(=O)=O. The second-order valence-electron chi connectivity index (χ2n) is 6.03. The van der Waals surface area contributed by atoms with Crippen molar-refractivity contribution in [1.29, 1.82) is 0 Å². The van der Waals surface area contributed by atoms with Crippen LogP contribution in [0.15, 0.2) is 30.3 Å². The number of rotatable bonds is 8. The summed E-state index contributed by atoms with van der Waals surface area (Å²) in [4.78, 5) is 0. The van der Waals surface area contributed by atoms with E-state index in [1.165, 1.54) is 5.56 Å². The fourth-order valence-electron chi connectivity index (χ4n) is 2.47. The van der Waals surface area contributed by atoms with Crippen molar-refractivity contribution >= 4 is 10.0 Å². The molecule has 0 aliphatic heterocycles. The molecular weight excluding hydrogens is 272 g/mol. The van der Waals surface area contributed by atoms with Crippen LogP contribution in [0.25, 0.3) is 0 Å². The van der Waals surface area contributed by atoms with Gasteiger partial charge in [-0.05, 0) is 37.3 Å². The number of nitrogens with one attached hydrogen (secondary N) is 1. The third-order valence-electron chi connectivity index (χ3n) is 3.47. The van der Waals surface area contributed by atoms with Gasteiger partial charge >= 0.3 is 0 Å². The monoisotopic (exact) mass is 298 g/mol. The van der Waals surface area contributed by atoms with Crippen LogP contribution < -0.4 is 10.5 Å². The summed E-state index contributed by atoms with van der Waals surface area (Å²) in [7, 11) is -3.34. The molecule has 0 saturated heterocycles. The summed E-state index contributed by atoms with van der Waals surface area (Å²) in [5.41, 5.74) is 1.41. The molecule has 20 heavy (non-hydrogen) atoms. The molecule has 0 aliphatic carbocycles. The average molecular weight is 298 g/mol. The summed E-state index contributed by atoms with van der Waals surface area (Å²) in [6, 6.07) is 10.8. The van der Waals surface area contributed by atoms with Gasteiger partial charge in [0.2, 0.25) is 10.0 Å². The average Bonchev–Trinajstić information content (AvgIpc) is 2.34. The number of primary sulfonamides is 1. The first-order valence-corrected chi connectivity index (χ1v) is 8.72. The Morgan fingerprint density at radius 1 is 1.25 bits per heavy atom. The Kier molecular flexibility index (Phi) is 6.17. The van der Waals surface area contributed by atoms with Crippen molar-refractivity contribution in [2.75, 3.05) is 12.3 Å². The zero-order valence-electron chi connectivity index (χ0n) is 12.6. The molecular formula is C15H26N2O2S. The lowest BCUT2D eigenvalue weighted by atomic mass is 9.79. The summed E-state index contributed by atoms with van der Waals surface area (Å²) in [5, 5.41) is 8.34. The largest absolute Gasteiger partial charge is 0.314 e. The molecule has 3 N–H and O–H groups in total. The van der Waals surface area contributed by atoms with Crippen LogP contribution in [0.2, 0.25) is 0 Å². The summed E-state index contributed by atoms with van der Waals surface area (Å²) >= 11 is 0. The molecule has 0 fully saturated rings. The lowest BCUT2D eigenvalue weighted by Crippen LogP contribution is -2.34. The summed E-state index contributed by atoms with van der Waals surface area (Å²) in [5.74, 6) is 0.0365. The van der Waals surface area contributed by atoms with Gasteiger partial charge in [0.1, 0.15) is 0 Å². The van der Waals surface area contributed by atoms with Crippen molar-refractivity contribution in [1.82, 2.24) is 5.32 Å². The van der Waals surface area contributed by atoms with E-state index >= 15 is 0 Å². The highest BCUT2D eigenvalue weighted by Crippen LogP contribution is 2.27. The molecule has 0 aromatic heterocycles. The molecule has 0 spiro atoms. The van der Waals surface area contributed by atoms with Crippen molar-refractivity contribution < 1.29 is 8.42 Å². The topological polar surface area (TPSA) is 72.2 Å². The lowest BCUT2D eigenvalue weighted by Gasteiger charge is -2.29. The van der Waals surface area contributed by atoms with Crippen molar-refractivity contribution in [2.24, 2.45) is 5.14 Å². The molecule has 0 heterocycles. The van der Waals surface area contributed by atoms with E-state index in [4.69, 9.17) is 5.14 Å². The van der Waals surface area contributed by atoms with Crippen LogP contribution in [0.4, 0.5) is 0 Å². The quantitative estimate of drug-likeness (QED) is 0.721. The van der Waals surface area contributed by atoms with Crippen LogP contribution in [0, 0.1) is 0 Å². The van der Waals surface area contributed by atoms with Gasteiger partial charge in [-0.15, -0.1) is 0 Å². The molecule has 0 aliphatic rings.